The SMILES string of the molecule is COC(C)(C)CCCC(C)CCN(C(=O)c1ccccc1)c1ccc(F)cc1F.[Ti]. The zero-order valence-corrected chi connectivity index (χ0v) is 19.8. The molecule has 0 heterocycles. The Labute approximate surface area is 193 Å². The van der Waals surface area contributed by atoms with Crippen LogP contribution < -0.4 is 4.90 Å². The van der Waals surface area contributed by atoms with Crippen LogP contribution in [0.3, 0.4) is 0 Å². The van der Waals surface area contributed by atoms with Crippen molar-refractivity contribution in [1.29, 1.82) is 0 Å². The summed E-state index contributed by atoms with van der Waals surface area (Å²) in [4.78, 5) is 14.4. The smallest absolute Gasteiger partial charge is 0.258 e. The van der Waals surface area contributed by atoms with E-state index in [0.29, 0.717) is 18.0 Å². The number of anilines is 1. The molecule has 0 radical (unpaired) electrons. The fraction of sp³-hybridized carbons (Fsp3) is 0.458. The fourth-order valence-corrected chi connectivity index (χ4v) is 3.24. The van der Waals surface area contributed by atoms with Gasteiger partial charge in [-0.25, -0.2) is 8.78 Å². The molecular weight excluding hydrogens is 420 g/mol. The Bertz CT molecular complexity index is 799. The molecule has 162 valence electrons. The van der Waals surface area contributed by atoms with Crippen LogP contribution >= 0.6 is 0 Å². The number of carbonyl (C=O) groups excluding carboxylic acids is 1. The predicted octanol–water partition coefficient (Wildman–Crippen LogP) is 6.23. The number of rotatable bonds is 10. The summed E-state index contributed by atoms with van der Waals surface area (Å²) in [5.74, 6) is -1.32. The third-order valence-corrected chi connectivity index (χ3v) is 5.34. The van der Waals surface area contributed by atoms with Crippen LogP contribution in [-0.4, -0.2) is 25.2 Å². The Hall–Kier alpha value is -1.56. The van der Waals surface area contributed by atoms with E-state index in [9.17, 15) is 13.6 Å². The van der Waals surface area contributed by atoms with Gasteiger partial charge in [-0.3, -0.25) is 4.79 Å². The number of hydrogen-bond acceptors (Lipinski definition) is 2. The van der Waals surface area contributed by atoms with Gasteiger partial charge in [0.25, 0.3) is 5.91 Å². The molecule has 0 saturated carbocycles. The maximum atomic E-state index is 14.4. The van der Waals surface area contributed by atoms with Gasteiger partial charge in [-0.2, -0.15) is 0 Å². The average Bonchev–Trinajstić information content (AvgIpc) is 2.69. The molecule has 0 aliphatic rings. The second kappa shape index (κ2) is 12.3. The van der Waals surface area contributed by atoms with Crippen LogP contribution in [0, 0.1) is 17.6 Å². The molecule has 0 spiro atoms. The van der Waals surface area contributed by atoms with Crippen molar-refractivity contribution in [2.24, 2.45) is 5.92 Å². The summed E-state index contributed by atoms with van der Waals surface area (Å²) in [6, 6.07) is 12.1. The zero-order chi connectivity index (χ0) is 21.4. The van der Waals surface area contributed by atoms with Crippen LogP contribution in [-0.2, 0) is 26.5 Å². The number of amides is 1. The molecule has 1 unspecified atom stereocenters. The van der Waals surface area contributed by atoms with E-state index in [2.05, 4.69) is 20.8 Å². The number of benzene rings is 2. The Morgan fingerprint density at radius 3 is 2.37 bits per heavy atom. The summed E-state index contributed by atoms with van der Waals surface area (Å²) in [6.45, 7) is 6.63. The van der Waals surface area contributed by atoms with Crippen molar-refractivity contribution in [3.63, 3.8) is 0 Å². The summed E-state index contributed by atoms with van der Waals surface area (Å²) in [5.41, 5.74) is 0.436. The Kier molecular flexibility index (Phi) is 10.9. The van der Waals surface area contributed by atoms with Crippen LogP contribution in [0.5, 0.6) is 0 Å². The molecule has 3 nitrogen and oxygen atoms in total. The van der Waals surface area contributed by atoms with E-state index < -0.39 is 11.6 Å². The van der Waals surface area contributed by atoms with Crippen LogP contribution in [0.4, 0.5) is 14.5 Å². The fourth-order valence-electron chi connectivity index (χ4n) is 3.24. The molecule has 0 aliphatic carbocycles. The minimum absolute atomic E-state index is 0. The number of methoxy groups -OCH3 is 1. The average molecular weight is 451 g/mol. The molecule has 0 saturated heterocycles. The molecule has 0 aliphatic heterocycles. The van der Waals surface area contributed by atoms with Gasteiger partial charge in [0.05, 0.1) is 11.3 Å². The van der Waals surface area contributed by atoms with Crippen molar-refractivity contribution < 1.29 is 40.0 Å². The van der Waals surface area contributed by atoms with Gasteiger partial charge >= 0.3 is 0 Å². The van der Waals surface area contributed by atoms with Crippen LogP contribution in [0.2, 0.25) is 0 Å². The van der Waals surface area contributed by atoms with Crippen molar-refractivity contribution in [2.75, 3.05) is 18.6 Å². The van der Waals surface area contributed by atoms with Gasteiger partial charge in [-0.15, -0.1) is 0 Å². The van der Waals surface area contributed by atoms with Gasteiger partial charge in [0.1, 0.15) is 11.6 Å². The third kappa shape index (κ3) is 7.94. The van der Waals surface area contributed by atoms with Gasteiger partial charge < -0.3 is 9.64 Å². The maximum Gasteiger partial charge on any atom is 0.258 e. The summed E-state index contributed by atoms with van der Waals surface area (Å²) < 4.78 is 33.2. The largest absolute Gasteiger partial charge is 0.379 e. The molecule has 2 aromatic rings. The first kappa shape index (κ1) is 26.5. The van der Waals surface area contributed by atoms with Crippen molar-refractivity contribution in [3.05, 3.63) is 65.7 Å². The first-order valence-corrected chi connectivity index (χ1v) is 10.1. The van der Waals surface area contributed by atoms with E-state index in [0.717, 1.165) is 31.7 Å². The second-order valence-corrected chi connectivity index (χ2v) is 8.17. The molecule has 6 heteroatoms. The molecule has 30 heavy (non-hydrogen) atoms. The van der Waals surface area contributed by atoms with Crippen molar-refractivity contribution in [1.82, 2.24) is 0 Å². The van der Waals surface area contributed by atoms with Crippen molar-refractivity contribution >= 4 is 11.6 Å². The van der Waals surface area contributed by atoms with Gasteiger partial charge in [0.2, 0.25) is 0 Å². The molecule has 0 N–H and O–H groups in total. The minimum atomic E-state index is -0.733. The summed E-state index contributed by atoms with van der Waals surface area (Å²) in [5, 5.41) is 0. The number of halogens is 2. The van der Waals surface area contributed by atoms with Gasteiger partial charge in [0, 0.05) is 47.0 Å². The van der Waals surface area contributed by atoms with E-state index in [-0.39, 0.29) is 38.9 Å². The van der Waals surface area contributed by atoms with Crippen LogP contribution in [0.1, 0.15) is 56.8 Å². The number of carbonyl (C=O) groups is 1. The van der Waals surface area contributed by atoms with E-state index in [1.807, 2.05) is 6.07 Å². The normalized spacial score (nSPS) is 12.2. The van der Waals surface area contributed by atoms with Gasteiger partial charge in [-0.1, -0.05) is 38.0 Å². The first-order chi connectivity index (χ1) is 13.7. The maximum absolute atomic E-state index is 14.4. The van der Waals surface area contributed by atoms with Gasteiger partial charge in [0.15, 0.2) is 0 Å². The first-order valence-electron chi connectivity index (χ1n) is 10.1. The molecule has 0 fully saturated rings. The third-order valence-electron chi connectivity index (χ3n) is 5.34. The number of ether oxygens (including phenoxy) is 1. The summed E-state index contributed by atoms with van der Waals surface area (Å²) in [7, 11) is 1.72. The van der Waals surface area contributed by atoms with Crippen molar-refractivity contribution in [3.8, 4) is 0 Å². The summed E-state index contributed by atoms with van der Waals surface area (Å²) >= 11 is 0. The minimum Gasteiger partial charge on any atom is -0.379 e. The zero-order valence-electron chi connectivity index (χ0n) is 18.3. The molecule has 0 bridgehead atoms. The predicted molar refractivity (Wildman–Crippen MR) is 113 cm³/mol. The number of hydrogen-bond donors (Lipinski definition) is 0. The van der Waals surface area contributed by atoms with Crippen LogP contribution in [0.25, 0.3) is 0 Å². The monoisotopic (exact) mass is 451 g/mol. The van der Waals surface area contributed by atoms with Crippen LogP contribution in [0.15, 0.2) is 48.5 Å². The Morgan fingerprint density at radius 1 is 1.10 bits per heavy atom. The van der Waals surface area contributed by atoms with E-state index in [1.54, 1.807) is 31.4 Å². The second-order valence-electron chi connectivity index (χ2n) is 8.17. The van der Waals surface area contributed by atoms with Gasteiger partial charge in [-0.05, 0) is 56.9 Å². The standard InChI is InChI=1S/C24H31F2NO2.Ti/c1-18(9-8-15-24(2,3)29-4)14-16-27(22-13-12-20(25)17-21(22)26)23(28)19-10-6-5-7-11-19;/h5-7,10-13,17-18H,8-9,14-16H2,1-4H3;. The van der Waals surface area contributed by atoms with Crippen molar-refractivity contribution in [2.45, 2.75) is 52.1 Å². The summed E-state index contributed by atoms with van der Waals surface area (Å²) in [6.07, 6.45) is 3.68. The topological polar surface area (TPSA) is 29.5 Å². The Morgan fingerprint density at radius 2 is 1.77 bits per heavy atom. The van der Waals surface area contributed by atoms with E-state index in [1.165, 1.54) is 17.0 Å². The number of nitrogens with zero attached hydrogens (tertiary/aromatic N) is 1. The molecule has 1 amide bonds. The quantitative estimate of drug-likeness (QED) is 0.401. The Balaban J connectivity index is 0.00000450. The molecule has 2 rings (SSSR count). The van der Waals surface area contributed by atoms with E-state index >= 15 is 0 Å². The molecule has 0 aromatic heterocycles. The van der Waals surface area contributed by atoms with E-state index in [4.69, 9.17) is 4.74 Å². The molecular formula is C24H31F2NO2Ti. The molecule has 1 atom stereocenters. The molecule has 2 aromatic carbocycles.